The molecule has 1 rings (SSSR count). The summed E-state index contributed by atoms with van der Waals surface area (Å²) in [6.07, 6.45) is 3.90. The molecule has 0 saturated heterocycles. The minimum absolute atomic E-state index is 0.256. The fourth-order valence-electron chi connectivity index (χ4n) is 1.74. The van der Waals surface area contributed by atoms with Gasteiger partial charge in [-0.3, -0.25) is 0 Å². The highest BCUT2D eigenvalue weighted by Crippen LogP contribution is 2.10. The van der Waals surface area contributed by atoms with E-state index in [4.69, 9.17) is 4.74 Å². The monoisotopic (exact) mass is 294 g/mol. The Labute approximate surface area is 126 Å². The summed E-state index contributed by atoms with van der Waals surface area (Å²) >= 11 is 0. The fraction of sp³-hybridized carbons (Fsp3) is 0.667. The zero-order valence-corrected chi connectivity index (χ0v) is 13.4. The number of ether oxygens (including phenoxy) is 1. The van der Waals surface area contributed by atoms with Crippen LogP contribution in [0, 0.1) is 0 Å². The molecule has 0 atom stereocenters. The predicted molar refractivity (Wildman–Crippen MR) is 81.8 cm³/mol. The number of carbonyl (C=O) groups is 1. The van der Waals surface area contributed by atoms with Gasteiger partial charge in [0, 0.05) is 32.4 Å². The summed E-state index contributed by atoms with van der Waals surface area (Å²) in [4.78, 5) is 21.8. The first-order valence-corrected chi connectivity index (χ1v) is 7.36. The Hall–Kier alpha value is -1.69. The van der Waals surface area contributed by atoms with E-state index in [1.165, 1.54) is 6.33 Å². The van der Waals surface area contributed by atoms with E-state index in [0.29, 0.717) is 26.2 Å². The van der Waals surface area contributed by atoms with Crippen molar-refractivity contribution in [3.8, 4) is 0 Å². The van der Waals surface area contributed by atoms with Crippen molar-refractivity contribution < 1.29 is 9.53 Å². The number of rotatable bonds is 7. The SMILES string of the molecule is CCCN(CCNCc1ccncn1)C(=O)OC(C)(C)C. The summed E-state index contributed by atoms with van der Waals surface area (Å²) in [5.41, 5.74) is 0.474. The maximum absolute atomic E-state index is 12.1. The molecule has 1 heterocycles. The number of nitrogens with one attached hydrogen (secondary N) is 1. The first-order chi connectivity index (χ1) is 9.92. The predicted octanol–water partition coefficient (Wildman–Crippen LogP) is 2.21. The van der Waals surface area contributed by atoms with Crippen LogP contribution in [0.15, 0.2) is 18.6 Å². The van der Waals surface area contributed by atoms with Gasteiger partial charge < -0.3 is 15.0 Å². The van der Waals surface area contributed by atoms with E-state index in [0.717, 1.165) is 12.1 Å². The van der Waals surface area contributed by atoms with Gasteiger partial charge in [0.05, 0.1) is 5.69 Å². The van der Waals surface area contributed by atoms with Crippen molar-refractivity contribution >= 4 is 6.09 Å². The molecule has 6 heteroatoms. The Morgan fingerprint density at radius 1 is 1.38 bits per heavy atom. The number of aromatic nitrogens is 2. The molecule has 1 N–H and O–H groups in total. The van der Waals surface area contributed by atoms with Crippen LogP contribution in [0.25, 0.3) is 0 Å². The number of hydrogen-bond acceptors (Lipinski definition) is 5. The Bertz CT molecular complexity index is 417. The zero-order valence-electron chi connectivity index (χ0n) is 13.4. The van der Waals surface area contributed by atoms with Crippen molar-refractivity contribution in [3.63, 3.8) is 0 Å². The summed E-state index contributed by atoms with van der Waals surface area (Å²) in [6, 6.07) is 1.87. The quantitative estimate of drug-likeness (QED) is 0.781. The minimum atomic E-state index is -0.461. The van der Waals surface area contributed by atoms with Crippen molar-refractivity contribution in [2.24, 2.45) is 0 Å². The number of amides is 1. The van der Waals surface area contributed by atoms with Crippen LogP contribution < -0.4 is 5.32 Å². The third-order valence-electron chi connectivity index (χ3n) is 2.65. The summed E-state index contributed by atoms with van der Waals surface area (Å²) in [5, 5.41) is 3.27. The van der Waals surface area contributed by atoms with Crippen molar-refractivity contribution in [3.05, 3.63) is 24.3 Å². The van der Waals surface area contributed by atoms with Gasteiger partial charge in [0.25, 0.3) is 0 Å². The van der Waals surface area contributed by atoms with E-state index in [1.54, 1.807) is 11.1 Å². The standard InChI is InChI=1S/C15H26N4O2/c1-5-9-19(14(20)21-15(2,3)4)10-8-16-11-13-6-7-17-12-18-13/h6-7,12,16H,5,8-11H2,1-4H3. The molecule has 0 fully saturated rings. The van der Waals surface area contributed by atoms with Gasteiger partial charge in [0.2, 0.25) is 0 Å². The molecule has 118 valence electrons. The van der Waals surface area contributed by atoms with Crippen molar-refractivity contribution in [2.45, 2.75) is 46.3 Å². The first-order valence-electron chi connectivity index (χ1n) is 7.36. The maximum Gasteiger partial charge on any atom is 0.410 e. The minimum Gasteiger partial charge on any atom is -0.444 e. The van der Waals surface area contributed by atoms with Crippen LogP contribution in [0.4, 0.5) is 4.79 Å². The normalized spacial score (nSPS) is 11.2. The Morgan fingerprint density at radius 2 is 2.14 bits per heavy atom. The van der Waals surface area contributed by atoms with E-state index in [9.17, 15) is 4.79 Å². The van der Waals surface area contributed by atoms with E-state index in [1.807, 2.05) is 33.8 Å². The van der Waals surface area contributed by atoms with Gasteiger partial charge in [0.1, 0.15) is 11.9 Å². The highest BCUT2D eigenvalue weighted by molar-refractivity contribution is 5.68. The van der Waals surface area contributed by atoms with Gasteiger partial charge in [0.15, 0.2) is 0 Å². The maximum atomic E-state index is 12.1. The lowest BCUT2D eigenvalue weighted by molar-refractivity contribution is 0.0252. The van der Waals surface area contributed by atoms with Crippen LogP contribution in [0.3, 0.4) is 0 Å². The second-order valence-corrected chi connectivity index (χ2v) is 5.84. The zero-order chi connectivity index (χ0) is 15.7. The Kier molecular flexibility index (Phi) is 7.08. The lowest BCUT2D eigenvalue weighted by atomic mass is 10.2. The second kappa shape index (κ2) is 8.56. The summed E-state index contributed by atoms with van der Waals surface area (Å²) in [7, 11) is 0. The number of carbonyl (C=O) groups excluding carboxylic acids is 1. The molecule has 0 spiro atoms. The third-order valence-corrected chi connectivity index (χ3v) is 2.65. The molecule has 1 aromatic heterocycles. The second-order valence-electron chi connectivity index (χ2n) is 5.84. The van der Waals surface area contributed by atoms with Crippen molar-refractivity contribution in [2.75, 3.05) is 19.6 Å². The molecule has 21 heavy (non-hydrogen) atoms. The summed E-state index contributed by atoms with van der Waals surface area (Å²) < 4.78 is 5.41. The van der Waals surface area contributed by atoms with Gasteiger partial charge in [-0.05, 0) is 33.3 Å². The first kappa shape index (κ1) is 17.4. The van der Waals surface area contributed by atoms with Crippen molar-refractivity contribution in [1.29, 1.82) is 0 Å². The molecule has 0 saturated carbocycles. The molecule has 1 aromatic rings. The van der Waals surface area contributed by atoms with Crippen LogP contribution >= 0.6 is 0 Å². The molecule has 0 aliphatic carbocycles. The molecule has 0 unspecified atom stereocenters. The van der Waals surface area contributed by atoms with E-state index >= 15 is 0 Å². The van der Waals surface area contributed by atoms with Crippen LogP contribution in [-0.4, -0.2) is 46.2 Å². The van der Waals surface area contributed by atoms with Crippen LogP contribution in [0.1, 0.15) is 39.8 Å². The van der Waals surface area contributed by atoms with Gasteiger partial charge in [-0.1, -0.05) is 6.92 Å². The highest BCUT2D eigenvalue weighted by Gasteiger charge is 2.21. The summed E-state index contributed by atoms with van der Waals surface area (Å²) in [6.45, 7) is 10.4. The number of nitrogens with zero attached hydrogens (tertiary/aromatic N) is 3. The molecule has 0 aliphatic heterocycles. The van der Waals surface area contributed by atoms with Crippen LogP contribution in [-0.2, 0) is 11.3 Å². The van der Waals surface area contributed by atoms with Crippen LogP contribution in [0.5, 0.6) is 0 Å². The molecule has 6 nitrogen and oxygen atoms in total. The smallest absolute Gasteiger partial charge is 0.410 e. The Morgan fingerprint density at radius 3 is 2.71 bits per heavy atom. The van der Waals surface area contributed by atoms with Gasteiger partial charge >= 0.3 is 6.09 Å². The van der Waals surface area contributed by atoms with Crippen molar-refractivity contribution in [1.82, 2.24) is 20.2 Å². The molecule has 0 aromatic carbocycles. The van der Waals surface area contributed by atoms with E-state index in [-0.39, 0.29) is 6.09 Å². The molecule has 0 aliphatic rings. The molecule has 0 radical (unpaired) electrons. The third kappa shape index (κ3) is 7.60. The lowest BCUT2D eigenvalue weighted by Crippen LogP contribution is -2.40. The molecular formula is C15H26N4O2. The van der Waals surface area contributed by atoms with Gasteiger partial charge in [-0.2, -0.15) is 0 Å². The topological polar surface area (TPSA) is 67.3 Å². The molecular weight excluding hydrogens is 268 g/mol. The number of hydrogen-bond donors (Lipinski definition) is 1. The molecule has 0 bridgehead atoms. The molecule has 1 amide bonds. The average Bonchev–Trinajstić information content (AvgIpc) is 2.41. The fourth-order valence-corrected chi connectivity index (χ4v) is 1.74. The van der Waals surface area contributed by atoms with Gasteiger partial charge in [-0.15, -0.1) is 0 Å². The summed E-state index contributed by atoms with van der Waals surface area (Å²) in [5.74, 6) is 0. The lowest BCUT2D eigenvalue weighted by Gasteiger charge is -2.27. The van der Waals surface area contributed by atoms with E-state index in [2.05, 4.69) is 15.3 Å². The Balaban J connectivity index is 2.35. The average molecular weight is 294 g/mol. The highest BCUT2D eigenvalue weighted by atomic mass is 16.6. The van der Waals surface area contributed by atoms with Crippen LogP contribution in [0.2, 0.25) is 0 Å². The van der Waals surface area contributed by atoms with Gasteiger partial charge in [-0.25, -0.2) is 14.8 Å². The van der Waals surface area contributed by atoms with E-state index < -0.39 is 5.60 Å². The largest absolute Gasteiger partial charge is 0.444 e.